The Morgan fingerprint density at radius 3 is 2.31 bits per heavy atom. The van der Waals surface area contributed by atoms with Gasteiger partial charge in [-0.25, -0.2) is 4.98 Å². The van der Waals surface area contributed by atoms with E-state index in [1.54, 1.807) is 0 Å². The molecule has 1 aromatic heterocycles. The molecule has 0 atom stereocenters. The van der Waals surface area contributed by atoms with Crippen LogP contribution in [0.2, 0.25) is 0 Å². The third-order valence-electron chi connectivity index (χ3n) is 5.63. The fourth-order valence-corrected chi connectivity index (χ4v) is 4.00. The Hall–Kier alpha value is -1.82. The van der Waals surface area contributed by atoms with Crippen LogP contribution in [-0.4, -0.2) is 61.2 Å². The normalized spacial score (nSPS) is 15.9. The minimum absolute atomic E-state index is 0.581. The summed E-state index contributed by atoms with van der Waals surface area (Å²) in [6, 6.07) is 5.50. The summed E-state index contributed by atoms with van der Waals surface area (Å²) in [5.41, 5.74) is 1.18. The van der Waals surface area contributed by atoms with Gasteiger partial charge in [0.2, 0.25) is 0 Å². The number of anilines is 1. The van der Waals surface area contributed by atoms with Gasteiger partial charge in [-0.3, -0.25) is 9.89 Å². The highest BCUT2D eigenvalue weighted by Crippen LogP contribution is 2.17. The average Bonchev–Trinajstić information content (AvgIpc) is 2.99. The van der Waals surface area contributed by atoms with Crippen LogP contribution in [0.4, 0.5) is 5.82 Å². The lowest BCUT2D eigenvalue weighted by atomic mass is 10.2. The van der Waals surface area contributed by atoms with Gasteiger partial charge < -0.3 is 15.5 Å². The first-order valence-corrected chi connectivity index (χ1v) is 11.4. The van der Waals surface area contributed by atoms with Crippen LogP contribution in [0, 0.1) is 0 Å². The van der Waals surface area contributed by atoms with E-state index in [1.165, 1.54) is 31.2 Å². The molecule has 0 spiro atoms. The average molecular weight is 403 g/mol. The third kappa shape index (κ3) is 8.21. The van der Waals surface area contributed by atoms with Crippen molar-refractivity contribution in [1.29, 1.82) is 0 Å². The van der Waals surface area contributed by atoms with Crippen molar-refractivity contribution in [2.24, 2.45) is 4.99 Å². The summed E-state index contributed by atoms with van der Waals surface area (Å²) < 4.78 is 0. The standard InChI is InChI=1S/C23H42N6/c1-19(2)29(20(3)4)16-10-13-25-23(24-5)27-18-21-11-12-22(26-17-21)28-14-8-6-7-9-15-28/h11-12,17,19-20H,6-10,13-16,18H2,1-5H3,(H2,24,25,27). The monoisotopic (exact) mass is 402 g/mol. The van der Waals surface area contributed by atoms with Crippen LogP contribution in [0.5, 0.6) is 0 Å². The topological polar surface area (TPSA) is 55.8 Å². The molecule has 0 aromatic carbocycles. The SMILES string of the molecule is CN=C(NCCCN(C(C)C)C(C)C)NCc1ccc(N2CCCCCC2)nc1. The van der Waals surface area contributed by atoms with Gasteiger partial charge in [0.05, 0.1) is 0 Å². The van der Waals surface area contributed by atoms with E-state index >= 15 is 0 Å². The molecule has 164 valence electrons. The zero-order valence-electron chi connectivity index (χ0n) is 19.2. The molecule has 2 rings (SSSR count). The van der Waals surface area contributed by atoms with Crippen LogP contribution in [0.3, 0.4) is 0 Å². The molecular weight excluding hydrogens is 360 g/mol. The summed E-state index contributed by atoms with van der Waals surface area (Å²) in [5, 5.41) is 6.83. The number of aliphatic imine (C=N–C) groups is 1. The lowest BCUT2D eigenvalue weighted by molar-refractivity contribution is 0.173. The van der Waals surface area contributed by atoms with Crippen molar-refractivity contribution in [3.63, 3.8) is 0 Å². The molecule has 2 heterocycles. The van der Waals surface area contributed by atoms with Crippen LogP contribution < -0.4 is 15.5 Å². The molecule has 0 bridgehead atoms. The van der Waals surface area contributed by atoms with E-state index < -0.39 is 0 Å². The molecule has 6 nitrogen and oxygen atoms in total. The molecule has 1 aliphatic heterocycles. The van der Waals surface area contributed by atoms with Crippen molar-refractivity contribution >= 4 is 11.8 Å². The summed E-state index contributed by atoms with van der Waals surface area (Å²) in [5.74, 6) is 1.96. The van der Waals surface area contributed by atoms with Gasteiger partial charge in [0, 0.05) is 58.1 Å². The Kier molecular flexibility index (Phi) is 10.3. The van der Waals surface area contributed by atoms with Gasteiger partial charge in [0.1, 0.15) is 5.82 Å². The largest absolute Gasteiger partial charge is 0.357 e. The number of pyridine rings is 1. The zero-order valence-corrected chi connectivity index (χ0v) is 19.2. The van der Waals surface area contributed by atoms with Gasteiger partial charge >= 0.3 is 0 Å². The summed E-state index contributed by atoms with van der Waals surface area (Å²) >= 11 is 0. The van der Waals surface area contributed by atoms with Crippen molar-refractivity contribution < 1.29 is 0 Å². The molecule has 0 amide bonds. The molecule has 0 aliphatic carbocycles. The molecule has 0 radical (unpaired) electrons. The van der Waals surface area contributed by atoms with Gasteiger partial charge in [0.25, 0.3) is 0 Å². The number of nitrogens with zero attached hydrogens (tertiary/aromatic N) is 4. The van der Waals surface area contributed by atoms with Crippen LogP contribution in [0.25, 0.3) is 0 Å². The highest BCUT2D eigenvalue weighted by atomic mass is 15.2. The first kappa shape index (κ1) is 23.5. The summed E-state index contributed by atoms with van der Waals surface area (Å²) in [6.07, 6.45) is 8.33. The molecule has 1 aliphatic rings. The van der Waals surface area contributed by atoms with E-state index in [-0.39, 0.29) is 0 Å². The second-order valence-electron chi connectivity index (χ2n) is 8.56. The van der Waals surface area contributed by atoms with Crippen LogP contribution in [0.1, 0.15) is 65.4 Å². The van der Waals surface area contributed by atoms with Crippen molar-refractivity contribution in [2.75, 3.05) is 38.1 Å². The van der Waals surface area contributed by atoms with Crippen molar-refractivity contribution in [1.82, 2.24) is 20.5 Å². The van der Waals surface area contributed by atoms with E-state index in [9.17, 15) is 0 Å². The fourth-order valence-electron chi connectivity index (χ4n) is 4.00. The predicted molar refractivity (Wildman–Crippen MR) is 125 cm³/mol. The highest BCUT2D eigenvalue weighted by Gasteiger charge is 2.13. The second kappa shape index (κ2) is 12.7. The van der Waals surface area contributed by atoms with Crippen molar-refractivity contribution in [3.05, 3.63) is 23.9 Å². The maximum atomic E-state index is 4.70. The van der Waals surface area contributed by atoms with E-state index in [0.29, 0.717) is 12.1 Å². The predicted octanol–water partition coefficient (Wildman–Crippen LogP) is 3.64. The van der Waals surface area contributed by atoms with E-state index in [4.69, 9.17) is 4.98 Å². The summed E-state index contributed by atoms with van der Waals surface area (Å²) in [7, 11) is 1.82. The van der Waals surface area contributed by atoms with E-state index in [2.05, 4.69) is 65.3 Å². The van der Waals surface area contributed by atoms with Crippen LogP contribution in [-0.2, 0) is 6.54 Å². The minimum Gasteiger partial charge on any atom is -0.357 e. The Bertz CT molecular complexity index is 580. The lowest BCUT2D eigenvalue weighted by Crippen LogP contribution is -2.41. The van der Waals surface area contributed by atoms with Crippen molar-refractivity contribution in [2.45, 2.75) is 78.4 Å². The Morgan fingerprint density at radius 2 is 1.76 bits per heavy atom. The molecule has 6 heteroatoms. The number of hydrogen-bond donors (Lipinski definition) is 2. The first-order valence-electron chi connectivity index (χ1n) is 11.4. The molecule has 1 aromatic rings. The van der Waals surface area contributed by atoms with Gasteiger partial charge in [-0.05, 0) is 58.6 Å². The molecule has 1 fully saturated rings. The van der Waals surface area contributed by atoms with Crippen molar-refractivity contribution in [3.8, 4) is 0 Å². The Balaban J connectivity index is 1.73. The molecule has 0 unspecified atom stereocenters. The number of nitrogens with one attached hydrogen (secondary N) is 2. The first-order chi connectivity index (χ1) is 14.0. The quantitative estimate of drug-likeness (QED) is 0.375. The third-order valence-corrected chi connectivity index (χ3v) is 5.63. The van der Waals surface area contributed by atoms with Gasteiger partial charge in [-0.2, -0.15) is 0 Å². The number of hydrogen-bond acceptors (Lipinski definition) is 4. The maximum absolute atomic E-state index is 4.70. The highest BCUT2D eigenvalue weighted by molar-refractivity contribution is 5.79. The van der Waals surface area contributed by atoms with Gasteiger partial charge in [0.15, 0.2) is 5.96 Å². The fraction of sp³-hybridized carbons (Fsp3) is 0.739. The van der Waals surface area contributed by atoms with Gasteiger partial charge in [-0.15, -0.1) is 0 Å². The summed E-state index contributed by atoms with van der Waals surface area (Å²) in [4.78, 5) is 14.0. The number of rotatable bonds is 9. The zero-order chi connectivity index (χ0) is 21.1. The maximum Gasteiger partial charge on any atom is 0.191 e. The molecule has 29 heavy (non-hydrogen) atoms. The molecular formula is C23H42N6. The Morgan fingerprint density at radius 1 is 1.07 bits per heavy atom. The van der Waals surface area contributed by atoms with Crippen LogP contribution in [0.15, 0.2) is 23.3 Å². The molecule has 0 saturated carbocycles. The number of guanidine groups is 1. The molecule has 1 saturated heterocycles. The number of aromatic nitrogens is 1. The molecule has 2 N–H and O–H groups in total. The smallest absolute Gasteiger partial charge is 0.191 e. The lowest BCUT2D eigenvalue weighted by Gasteiger charge is -2.30. The summed E-state index contributed by atoms with van der Waals surface area (Å²) in [6.45, 7) is 14.1. The van der Waals surface area contributed by atoms with E-state index in [1.807, 2.05) is 13.2 Å². The van der Waals surface area contributed by atoms with E-state index in [0.717, 1.165) is 50.9 Å². The Labute approximate surface area is 178 Å². The van der Waals surface area contributed by atoms with Crippen LogP contribution >= 0.6 is 0 Å². The van der Waals surface area contributed by atoms with Gasteiger partial charge in [-0.1, -0.05) is 18.9 Å². The minimum atomic E-state index is 0.581. The second-order valence-corrected chi connectivity index (χ2v) is 8.56.